The van der Waals surface area contributed by atoms with E-state index in [9.17, 15) is 4.79 Å². The summed E-state index contributed by atoms with van der Waals surface area (Å²) in [5.41, 5.74) is 0. The van der Waals surface area contributed by atoms with Gasteiger partial charge in [0.15, 0.2) is 0 Å². The quantitative estimate of drug-likeness (QED) is 0.577. The Morgan fingerprint density at radius 1 is 1.67 bits per heavy atom. The Balaban J connectivity index is 2.46. The van der Waals surface area contributed by atoms with E-state index < -0.39 is 0 Å². The molecule has 0 aromatic carbocycles. The minimum atomic E-state index is -0.365. The molecule has 2 nitrogen and oxygen atoms in total. The van der Waals surface area contributed by atoms with Crippen LogP contribution in [0.5, 0.6) is 0 Å². The largest absolute Gasteiger partial charge is 0.341 e. The molecule has 0 aromatic heterocycles. The molecule has 1 saturated heterocycles. The van der Waals surface area contributed by atoms with Crippen LogP contribution < -0.4 is 0 Å². The van der Waals surface area contributed by atoms with Gasteiger partial charge in [-0.3, -0.25) is 4.79 Å². The van der Waals surface area contributed by atoms with Gasteiger partial charge in [-0.05, 0) is 25.7 Å². The lowest BCUT2D eigenvalue weighted by molar-refractivity contribution is -0.132. The van der Waals surface area contributed by atoms with E-state index in [4.69, 9.17) is 11.6 Å². The number of nitrogens with zero attached hydrogens (tertiary/aromatic N) is 1. The normalized spacial score (nSPS) is 26.9. The summed E-state index contributed by atoms with van der Waals surface area (Å²) in [6, 6.07) is 0. The average molecular weight is 190 g/mol. The van der Waals surface area contributed by atoms with E-state index in [1.807, 2.05) is 4.90 Å². The molecule has 0 saturated carbocycles. The topological polar surface area (TPSA) is 20.3 Å². The summed E-state index contributed by atoms with van der Waals surface area (Å²) in [5.74, 6) is 0.723. The lowest BCUT2D eigenvalue weighted by Crippen LogP contribution is -2.42. The number of carbonyl (C=O) groups excluding carboxylic acids is 1. The maximum Gasteiger partial charge on any atom is 0.240 e. The molecular weight excluding hydrogens is 174 g/mol. The Hall–Kier alpha value is -0.240. The molecule has 12 heavy (non-hydrogen) atoms. The van der Waals surface area contributed by atoms with Crippen LogP contribution in [0.2, 0.25) is 0 Å². The molecule has 1 rings (SSSR count). The number of hydrogen-bond acceptors (Lipinski definition) is 1. The Bertz CT molecular complexity index is 170. The summed E-state index contributed by atoms with van der Waals surface area (Å²) in [6.07, 6.45) is 2.36. The zero-order chi connectivity index (χ0) is 9.14. The predicted octanol–water partition coefficient (Wildman–Crippen LogP) is 1.87. The summed E-state index contributed by atoms with van der Waals surface area (Å²) in [4.78, 5) is 13.3. The van der Waals surface area contributed by atoms with Crippen molar-refractivity contribution < 1.29 is 4.79 Å². The third-order valence-corrected chi connectivity index (χ3v) is 2.50. The molecule has 0 unspecified atom stereocenters. The fourth-order valence-corrected chi connectivity index (χ4v) is 1.78. The molecular formula is C9H16ClNO. The number of piperidine rings is 1. The van der Waals surface area contributed by atoms with Crippen LogP contribution in [-0.2, 0) is 4.79 Å². The fourth-order valence-electron chi connectivity index (χ4n) is 1.64. The van der Waals surface area contributed by atoms with Gasteiger partial charge in [0.05, 0.1) is 0 Å². The van der Waals surface area contributed by atoms with Crippen molar-refractivity contribution in [1.82, 2.24) is 4.90 Å². The highest BCUT2D eigenvalue weighted by Crippen LogP contribution is 2.16. The van der Waals surface area contributed by atoms with Crippen molar-refractivity contribution in [3.63, 3.8) is 0 Å². The molecule has 1 fully saturated rings. The molecule has 0 aromatic rings. The van der Waals surface area contributed by atoms with Crippen LogP contribution in [0, 0.1) is 5.92 Å². The van der Waals surface area contributed by atoms with Crippen molar-refractivity contribution in [3.05, 3.63) is 0 Å². The summed E-state index contributed by atoms with van der Waals surface area (Å²) in [6.45, 7) is 5.69. The van der Waals surface area contributed by atoms with Gasteiger partial charge in [-0.15, -0.1) is 11.6 Å². The van der Waals surface area contributed by atoms with Gasteiger partial charge in [-0.2, -0.15) is 0 Å². The van der Waals surface area contributed by atoms with Crippen LogP contribution in [-0.4, -0.2) is 29.3 Å². The zero-order valence-corrected chi connectivity index (χ0v) is 8.47. The minimum absolute atomic E-state index is 0.0863. The lowest BCUT2D eigenvalue weighted by Gasteiger charge is -2.31. The summed E-state index contributed by atoms with van der Waals surface area (Å²) in [7, 11) is 0. The third-order valence-electron chi connectivity index (χ3n) is 2.31. The molecule has 1 heterocycles. The van der Waals surface area contributed by atoms with E-state index >= 15 is 0 Å². The second-order valence-corrected chi connectivity index (χ2v) is 4.30. The molecule has 0 radical (unpaired) electrons. The molecule has 1 aliphatic rings. The van der Waals surface area contributed by atoms with Gasteiger partial charge in [0.2, 0.25) is 5.91 Å². The van der Waals surface area contributed by atoms with Crippen molar-refractivity contribution >= 4 is 17.5 Å². The minimum Gasteiger partial charge on any atom is -0.341 e. The molecule has 2 atom stereocenters. The van der Waals surface area contributed by atoms with Gasteiger partial charge in [0.25, 0.3) is 0 Å². The molecule has 1 aliphatic heterocycles. The van der Waals surface area contributed by atoms with E-state index in [1.165, 1.54) is 6.42 Å². The van der Waals surface area contributed by atoms with E-state index in [0.717, 1.165) is 19.5 Å². The van der Waals surface area contributed by atoms with Crippen LogP contribution in [0.15, 0.2) is 0 Å². The number of halogens is 1. The fraction of sp³-hybridized carbons (Fsp3) is 0.889. The number of likely N-dealkylation sites (tertiary alicyclic amines) is 1. The number of carbonyl (C=O) groups is 1. The predicted molar refractivity (Wildman–Crippen MR) is 50.3 cm³/mol. The molecule has 0 spiro atoms. The van der Waals surface area contributed by atoms with Crippen molar-refractivity contribution in [2.24, 2.45) is 5.92 Å². The molecule has 3 heteroatoms. The molecule has 0 aliphatic carbocycles. The van der Waals surface area contributed by atoms with E-state index in [2.05, 4.69) is 6.92 Å². The van der Waals surface area contributed by atoms with E-state index in [1.54, 1.807) is 6.92 Å². The second-order valence-electron chi connectivity index (χ2n) is 3.65. The third kappa shape index (κ3) is 2.37. The van der Waals surface area contributed by atoms with Crippen LogP contribution >= 0.6 is 11.6 Å². The zero-order valence-electron chi connectivity index (χ0n) is 7.72. The van der Waals surface area contributed by atoms with Crippen molar-refractivity contribution in [1.29, 1.82) is 0 Å². The summed E-state index contributed by atoms with van der Waals surface area (Å²) in [5, 5.41) is -0.365. The van der Waals surface area contributed by atoms with Gasteiger partial charge in [0, 0.05) is 13.1 Å². The van der Waals surface area contributed by atoms with Crippen molar-refractivity contribution in [2.45, 2.75) is 32.1 Å². The Kier molecular flexibility index (Phi) is 3.39. The van der Waals surface area contributed by atoms with E-state index in [-0.39, 0.29) is 11.3 Å². The number of alkyl halides is 1. The first-order valence-electron chi connectivity index (χ1n) is 4.54. The van der Waals surface area contributed by atoms with E-state index in [0.29, 0.717) is 5.92 Å². The summed E-state index contributed by atoms with van der Waals surface area (Å²) < 4.78 is 0. The first-order valence-corrected chi connectivity index (χ1v) is 4.97. The van der Waals surface area contributed by atoms with Crippen LogP contribution in [0.25, 0.3) is 0 Å². The van der Waals surface area contributed by atoms with Gasteiger partial charge in [-0.1, -0.05) is 6.92 Å². The molecule has 0 bridgehead atoms. The van der Waals surface area contributed by atoms with Crippen LogP contribution in [0.1, 0.15) is 26.7 Å². The molecule has 1 amide bonds. The van der Waals surface area contributed by atoms with Crippen LogP contribution in [0.3, 0.4) is 0 Å². The first kappa shape index (κ1) is 9.85. The summed E-state index contributed by atoms with van der Waals surface area (Å²) >= 11 is 5.72. The number of amides is 1. The molecule has 70 valence electrons. The Morgan fingerprint density at radius 3 is 2.83 bits per heavy atom. The SMILES string of the molecule is C[C@@H]1CCCN(C(=O)[C@H](C)Cl)C1. The molecule has 0 N–H and O–H groups in total. The second kappa shape index (κ2) is 4.13. The lowest BCUT2D eigenvalue weighted by atomic mass is 10.0. The smallest absolute Gasteiger partial charge is 0.240 e. The maximum atomic E-state index is 11.4. The van der Waals surface area contributed by atoms with Crippen molar-refractivity contribution in [3.8, 4) is 0 Å². The number of rotatable bonds is 1. The highest BCUT2D eigenvalue weighted by molar-refractivity contribution is 6.30. The average Bonchev–Trinajstić information content (AvgIpc) is 2.03. The first-order chi connectivity index (χ1) is 5.61. The highest BCUT2D eigenvalue weighted by atomic mass is 35.5. The maximum absolute atomic E-state index is 11.4. The standard InChI is InChI=1S/C9H16ClNO/c1-7-4-3-5-11(6-7)9(12)8(2)10/h7-8H,3-6H2,1-2H3/t7-,8+/m1/s1. The van der Waals surface area contributed by atoms with Crippen molar-refractivity contribution in [2.75, 3.05) is 13.1 Å². The van der Waals surface area contributed by atoms with Gasteiger partial charge in [0.1, 0.15) is 5.38 Å². The van der Waals surface area contributed by atoms with Gasteiger partial charge < -0.3 is 4.90 Å². The van der Waals surface area contributed by atoms with Gasteiger partial charge >= 0.3 is 0 Å². The van der Waals surface area contributed by atoms with Gasteiger partial charge in [-0.25, -0.2) is 0 Å². The monoisotopic (exact) mass is 189 g/mol. The Morgan fingerprint density at radius 2 is 2.33 bits per heavy atom. The Labute approximate surface area is 78.9 Å². The number of hydrogen-bond donors (Lipinski definition) is 0. The highest BCUT2D eigenvalue weighted by Gasteiger charge is 2.23. The van der Waals surface area contributed by atoms with Crippen LogP contribution in [0.4, 0.5) is 0 Å².